The molecule has 84 heavy (non-hydrogen) atoms. The van der Waals surface area contributed by atoms with E-state index in [-0.39, 0.29) is 61.3 Å². The zero-order valence-electron chi connectivity index (χ0n) is 45.7. The maximum atomic E-state index is 14.3. The first-order chi connectivity index (χ1) is 40.8. The lowest BCUT2D eigenvalue weighted by atomic mass is 9.96. The number of hydrogen-bond donors (Lipinski definition) is 2. The second-order valence-electron chi connectivity index (χ2n) is 19.9. The molecule has 4 unspecified atom stereocenters. The predicted molar refractivity (Wildman–Crippen MR) is 296 cm³/mol. The van der Waals surface area contributed by atoms with Crippen LogP contribution in [0.4, 0.5) is 5.69 Å². The zero-order chi connectivity index (χ0) is 59.0. The van der Waals surface area contributed by atoms with Crippen LogP contribution < -0.4 is 4.74 Å². The number of nitro benzene ring substituents is 1. The molecule has 0 aromatic heterocycles. The highest BCUT2D eigenvalue weighted by atomic mass is 16.8. The molecule has 3 aliphatic heterocycles. The molecule has 6 aromatic rings. The van der Waals surface area contributed by atoms with Gasteiger partial charge in [0, 0.05) is 44.7 Å². The quantitative estimate of drug-likeness (QED) is 0.0330. The number of nitrogens with zero attached hydrogens (tertiary/aromatic N) is 3. The van der Waals surface area contributed by atoms with Crippen molar-refractivity contribution >= 4 is 35.4 Å². The number of aliphatic hydroxyl groups excluding tert-OH is 2. The van der Waals surface area contributed by atoms with Gasteiger partial charge >= 0.3 is 23.6 Å². The van der Waals surface area contributed by atoms with Crippen molar-refractivity contribution in [2.45, 2.75) is 88.2 Å². The Labute approximate surface area is 483 Å². The summed E-state index contributed by atoms with van der Waals surface area (Å²) in [5, 5.41) is 35.7. The van der Waals surface area contributed by atoms with Crippen molar-refractivity contribution in [2.75, 3.05) is 46.0 Å². The predicted octanol–water partition coefficient (Wildman–Crippen LogP) is 5.85. The van der Waals surface area contributed by atoms with Gasteiger partial charge in [-0.15, -0.1) is 0 Å². The lowest BCUT2D eigenvalue weighted by molar-refractivity contribution is -0.385. The van der Waals surface area contributed by atoms with E-state index in [2.05, 4.69) is 0 Å². The van der Waals surface area contributed by atoms with E-state index in [0.717, 1.165) is 11.6 Å². The number of aliphatic hydroxyl groups is 2. The molecule has 3 heterocycles. The van der Waals surface area contributed by atoms with Crippen molar-refractivity contribution in [1.82, 2.24) is 9.80 Å². The minimum atomic E-state index is -1.80. The van der Waals surface area contributed by atoms with Gasteiger partial charge in [0.05, 0.1) is 42.5 Å². The number of rotatable bonds is 23. The van der Waals surface area contributed by atoms with Crippen LogP contribution in [-0.4, -0.2) is 162 Å². The number of esters is 3. The first kappa shape index (κ1) is 60.2. The molecule has 10 atom stereocenters. The SMILES string of the molecule is CC(=O)N1CCN(C(=O)c2ccc(OCC(=O)OCC3O[C@@H](OCc4ccccc4)C(OC(=O)c4ccccc4)[C@@H](O[C@@H]4OC(CO)[C@H](OCc5ccccc5)[C@H](O)C4OC(=O)c4ccccc4)[C@H]3OCc3ccccc3)c([N+](=O)[O-])c2)CC1. The van der Waals surface area contributed by atoms with E-state index in [1.807, 2.05) is 12.1 Å². The van der Waals surface area contributed by atoms with Gasteiger partial charge in [-0.2, -0.15) is 0 Å². The second-order valence-corrected chi connectivity index (χ2v) is 19.9. The molecular weight excluding hydrogens is 1090 g/mol. The van der Waals surface area contributed by atoms with E-state index in [9.17, 15) is 44.3 Å². The van der Waals surface area contributed by atoms with Gasteiger partial charge in [-0.3, -0.25) is 19.7 Å². The Morgan fingerprint density at radius 2 is 1.06 bits per heavy atom. The molecule has 22 nitrogen and oxygen atoms in total. The molecule has 22 heteroatoms. The Hall–Kier alpha value is -8.45. The number of piperazine rings is 1. The summed E-state index contributed by atoms with van der Waals surface area (Å²) in [7, 11) is 0. The van der Waals surface area contributed by atoms with E-state index in [1.54, 1.807) is 120 Å². The molecule has 0 bridgehead atoms. The minimum absolute atomic E-state index is 0.00522. The number of carbonyl (C=O) groups excluding carboxylic acids is 5. The lowest BCUT2D eigenvalue weighted by Crippen LogP contribution is -2.66. The van der Waals surface area contributed by atoms with E-state index >= 15 is 0 Å². The van der Waals surface area contributed by atoms with Crippen LogP contribution in [0.1, 0.15) is 54.7 Å². The lowest BCUT2D eigenvalue weighted by Gasteiger charge is -2.49. The van der Waals surface area contributed by atoms with Crippen LogP contribution in [0.25, 0.3) is 0 Å². The number of nitro groups is 1. The number of benzene rings is 6. The summed E-state index contributed by atoms with van der Waals surface area (Å²) in [6.45, 7) is -0.0640. The molecule has 6 aromatic carbocycles. The van der Waals surface area contributed by atoms with Crippen molar-refractivity contribution in [3.63, 3.8) is 0 Å². The molecule has 0 radical (unpaired) electrons. The van der Waals surface area contributed by atoms with Gasteiger partial charge in [0.15, 0.2) is 37.1 Å². The molecular formula is C62H63N3O19. The smallest absolute Gasteiger partial charge is 0.344 e. The highest BCUT2D eigenvalue weighted by Gasteiger charge is 2.56. The van der Waals surface area contributed by atoms with Crippen LogP contribution in [-0.2, 0) is 72.0 Å². The fraction of sp³-hybridized carbons (Fsp3) is 0.339. The number of amides is 2. The topological polar surface area (TPSA) is 268 Å². The van der Waals surface area contributed by atoms with Crippen LogP contribution >= 0.6 is 0 Å². The largest absolute Gasteiger partial charge is 0.475 e. The standard InChI is InChI=1S/C62H63N3O19/c1-40(67)63-29-31-64(32-30-63)58(70)46-27-28-48(47(33-46)65(73)74)75-39-51(68)76-38-50-54(78-36-42-19-9-3-10-20-42)56(57(83-60(72)45-25-15-6-16-26-45)61(81-50)79-37-43-21-11-4-12-22-43)84-62-55(82-59(71)44-23-13-5-14-24-44)52(69)53(49(34-66)80-62)77-35-41-17-7-2-8-18-41/h2-28,33,49-50,52-57,61-62,66,69H,29-32,34-39H2,1H3/t49?,50?,52-,53-,54-,55?,56-,57?,61+,62-/m0/s1. The Bertz CT molecular complexity index is 3140. The Morgan fingerprint density at radius 1 is 0.571 bits per heavy atom. The summed E-state index contributed by atoms with van der Waals surface area (Å²) < 4.78 is 63.3. The van der Waals surface area contributed by atoms with E-state index in [0.29, 0.717) is 24.2 Å². The number of hydrogen-bond acceptors (Lipinski definition) is 19. The molecule has 440 valence electrons. The van der Waals surface area contributed by atoms with Crippen LogP contribution in [0.5, 0.6) is 5.75 Å². The van der Waals surface area contributed by atoms with Gasteiger partial charge in [-0.1, -0.05) is 127 Å². The number of ether oxygens (including phenoxy) is 10. The van der Waals surface area contributed by atoms with Crippen molar-refractivity contribution in [2.24, 2.45) is 0 Å². The van der Waals surface area contributed by atoms with Crippen LogP contribution in [0, 0.1) is 10.1 Å². The maximum Gasteiger partial charge on any atom is 0.344 e. The third kappa shape index (κ3) is 15.6. The Balaban J connectivity index is 1.04. The first-order valence-electron chi connectivity index (χ1n) is 27.2. The monoisotopic (exact) mass is 1150 g/mol. The van der Waals surface area contributed by atoms with Crippen molar-refractivity contribution < 1.29 is 86.5 Å². The highest BCUT2D eigenvalue weighted by molar-refractivity contribution is 5.95. The normalized spacial score (nSPS) is 23.2. The summed E-state index contributed by atoms with van der Waals surface area (Å²) >= 11 is 0. The van der Waals surface area contributed by atoms with Gasteiger partial charge in [0.2, 0.25) is 5.91 Å². The summed E-state index contributed by atoms with van der Waals surface area (Å²) in [6, 6.07) is 46.5. The van der Waals surface area contributed by atoms with E-state index < -0.39 is 116 Å². The third-order valence-corrected chi connectivity index (χ3v) is 14.2. The average molecular weight is 1150 g/mol. The molecule has 0 aliphatic carbocycles. The molecule has 3 aliphatic rings. The van der Waals surface area contributed by atoms with Gasteiger partial charge in [-0.05, 0) is 53.1 Å². The summed E-state index contributed by atoms with van der Waals surface area (Å²) in [5.41, 5.74) is 1.68. The third-order valence-electron chi connectivity index (χ3n) is 14.2. The van der Waals surface area contributed by atoms with Crippen molar-refractivity contribution in [3.8, 4) is 5.75 Å². The molecule has 9 rings (SSSR count). The van der Waals surface area contributed by atoms with E-state index in [1.165, 1.54) is 48.2 Å². The van der Waals surface area contributed by atoms with Crippen molar-refractivity contribution in [1.29, 1.82) is 0 Å². The molecule has 0 saturated carbocycles. The van der Waals surface area contributed by atoms with Gasteiger partial charge in [0.1, 0.15) is 43.2 Å². The fourth-order valence-corrected chi connectivity index (χ4v) is 9.76. The van der Waals surface area contributed by atoms with Gasteiger partial charge in [0.25, 0.3) is 5.91 Å². The van der Waals surface area contributed by atoms with Gasteiger partial charge < -0.3 is 67.4 Å². The average Bonchev–Trinajstić information content (AvgIpc) is 2.62. The van der Waals surface area contributed by atoms with Crippen LogP contribution in [0.2, 0.25) is 0 Å². The molecule has 3 saturated heterocycles. The summed E-state index contributed by atoms with van der Waals surface area (Å²) in [5.74, 6) is -3.74. The molecule has 3 fully saturated rings. The van der Waals surface area contributed by atoms with Crippen LogP contribution in [0.15, 0.2) is 170 Å². The Kier molecular flexibility index (Phi) is 20.9. The first-order valence-corrected chi connectivity index (χ1v) is 27.2. The molecule has 2 amide bonds. The number of carbonyl (C=O) groups is 5. The van der Waals surface area contributed by atoms with Gasteiger partial charge in [-0.25, -0.2) is 14.4 Å². The Morgan fingerprint density at radius 3 is 1.58 bits per heavy atom. The molecule has 0 spiro atoms. The van der Waals surface area contributed by atoms with Crippen LogP contribution in [0.3, 0.4) is 0 Å². The summed E-state index contributed by atoms with van der Waals surface area (Å²) in [4.78, 5) is 82.2. The second kappa shape index (κ2) is 29.2. The van der Waals surface area contributed by atoms with E-state index in [4.69, 9.17) is 47.4 Å². The minimum Gasteiger partial charge on any atom is -0.475 e. The van der Waals surface area contributed by atoms with Crippen molar-refractivity contribution in [3.05, 3.63) is 213 Å². The fourth-order valence-electron chi connectivity index (χ4n) is 9.76. The molecule has 2 N–H and O–H groups in total. The highest BCUT2D eigenvalue weighted by Crippen LogP contribution is 2.37. The summed E-state index contributed by atoms with van der Waals surface area (Å²) in [6.07, 6.45) is -15.5. The zero-order valence-corrected chi connectivity index (χ0v) is 45.7. The maximum absolute atomic E-state index is 14.3.